The van der Waals surface area contributed by atoms with Crippen LogP contribution in [0.4, 0.5) is 0 Å². The van der Waals surface area contributed by atoms with E-state index in [9.17, 15) is 34.5 Å². The van der Waals surface area contributed by atoms with E-state index >= 15 is 0 Å². The maximum atomic E-state index is 14.2. The van der Waals surface area contributed by atoms with E-state index in [0.717, 1.165) is 81.0 Å². The number of likely N-dealkylation sites (tertiary alicyclic amines) is 1. The van der Waals surface area contributed by atoms with Crippen LogP contribution in [0.25, 0.3) is 31.0 Å². The molecule has 1 fully saturated rings. The maximum absolute atomic E-state index is 14.2. The first-order valence-corrected chi connectivity index (χ1v) is 26.7. The van der Waals surface area contributed by atoms with Crippen LogP contribution in [0, 0.1) is 12.3 Å². The molecule has 0 aliphatic carbocycles. The summed E-state index contributed by atoms with van der Waals surface area (Å²) in [6.07, 6.45) is 4.10. The van der Waals surface area contributed by atoms with E-state index in [1.54, 1.807) is 65.9 Å². The second kappa shape index (κ2) is 24.1. The Bertz CT molecular complexity index is 2800. The Balaban J connectivity index is 0.824. The molecule has 7 rings (SSSR count). The number of thiazole rings is 1. The highest BCUT2D eigenvalue weighted by atomic mass is 32.1. The number of ketones is 1. The highest BCUT2D eigenvalue weighted by Crippen LogP contribution is 2.42. The van der Waals surface area contributed by atoms with E-state index in [-0.39, 0.29) is 60.4 Å². The van der Waals surface area contributed by atoms with Crippen LogP contribution in [0.5, 0.6) is 17.2 Å². The molecule has 15 heteroatoms. The summed E-state index contributed by atoms with van der Waals surface area (Å²) in [4.78, 5) is 65.2. The first-order chi connectivity index (χ1) is 34.4. The van der Waals surface area contributed by atoms with Gasteiger partial charge >= 0.3 is 0 Å². The number of carbonyl (C=O) groups excluding carboxylic acids is 4. The number of benzene rings is 4. The Morgan fingerprint density at radius 3 is 2.14 bits per heavy atom. The monoisotopic (exact) mass is 1020 g/mol. The quantitative estimate of drug-likeness (QED) is 0.0324. The van der Waals surface area contributed by atoms with Crippen LogP contribution in [0.15, 0.2) is 96.5 Å². The number of phenolic OH excluding ortho intramolecular Hbond substituents is 2. The zero-order chi connectivity index (χ0) is 51.7. The number of aromatic hydroxyl groups is 2. The van der Waals surface area contributed by atoms with Gasteiger partial charge in [-0.2, -0.15) is 0 Å². The molecule has 1 aliphatic rings. The molecule has 4 atom stereocenters. The van der Waals surface area contributed by atoms with Crippen molar-refractivity contribution in [3.63, 3.8) is 0 Å². The fraction of sp³-hybridized carbons (Fsp3) is 0.421. The summed E-state index contributed by atoms with van der Waals surface area (Å²) < 4.78 is 6.94. The molecule has 3 heterocycles. The predicted octanol–water partition coefficient (Wildman–Crippen LogP) is 10.4. The lowest BCUT2D eigenvalue weighted by Crippen LogP contribution is -2.57. The summed E-state index contributed by atoms with van der Waals surface area (Å²) in [5.74, 6) is -0.120. The van der Waals surface area contributed by atoms with Gasteiger partial charge in [-0.05, 0) is 136 Å². The number of aliphatic hydroxyl groups excluding tert-OH is 1. The standard InChI is InChI=1S/C57H69N5O8S2/c1-35(2)61(29-30-70-45-25-20-39(21-26-45)51(67)50-46-27-24-43(64)32-48(46)72-53(50)41-18-22-42(63)23-19-41)28-12-10-8-9-11-13-49(66)60-54(57(5,6)7)56(69)62-33-44(65)31-47(62)55(68)59-36(3)38-14-16-40(17-15-38)52-37(4)58-34-71-52/h14-27,32,34-36,44,47,54,63-65H,8-13,28-31,33H2,1-7H3,(H,59,68)(H,60,66). The van der Waals surface area contributed by atoms with Gasteiger partial charge in [0, 0.05) is 58.1 Å². The van der Waals surface area contributed by atoms with Crippen molar-refractivity contribution < 1.29 is 39.2 Å². The average Bonchev–Trinajstić information content (AvgIpc) is 4.08. The lowest BCUT2D eigenvalue weighted by Gasteiger charge is -2.35. The average molecular weight is 1020 g/mol. The summed E-state index contributed by atoms with van der Waals surface area (Å²) in [6, 6.07) is 25.2. The van der Waals surface area contributed by atoms with Gasteiger partial charge < -0.3 is 35.6 Å². The molecular formula is C57H69N5O8S2. The summed E-state index contributed by atoms with van der Waals surface area (Å²) in [7, 11) is 0. The van der Waals surface area contributed by atoms with Crippen molar-refractivity contribution in [3.05, 3.63) is 119 Å². The van der Waals surface area contributed by atoms with E-state index < -0.39 is 23.6 Å². The fourth-order valence-corrected chi connectivity index (χ4v) is 11.3. The molecule has 2 aromatic heterocycles. The number of hydrogen-bond donors (Lipinski definition) is 5. The number of ether oxygens (including phenoxy) is 1. The summed E-state index contributed by atoms with van der Waals surface area (Å²) >= 11 is 3.01. The number of hydrogen-bond acceptors (Lipinski definition) is 12. The van der Waals surface area contributed by atoms with Crippen LogP contribution in [0.2, 0.25) is 0 Å². The molecule has 0 saturated carbocycles. The normalized spacial score (nSPS) is 15.8. The van der Waals surface area contributed by atoms with Gasteiger partial charge in [-0.3, -0.25) is 24.1 Å². The molecule has 1 aliphatic heterocycles. The summed E-state index contributed by atoms with van der Waals surface area (Å²) in [5.41, 5.74) is 6.00. The number of carbonyl (C=O) groups is 4. The molecule has 4 aromatic carbocycles. The third kappa shape index (κ3) is 13.5. The van der Waals surface area contributed by atoms with Gasteiger partial charge in [0.1, 0.15) is 35.9 Å². The van der Waals surface area contributed by atoms with E-state index in [2.05, 4.69) is 34.4 Å². The smallest absolute Gasteiger partial charge is 0.246 e. The zero-order valence-corrected chi connectivity index (χ0v) is 44.1. The molecule has 72 heavy (non-hydrogen) atoms. The van der Waals surface area contributed by atoms with Gasteiger partial charge in [-0.25, -0.2) is 4.98 Å². The molecule has 4 unspecified atom stereocenters. The SMILES string of the molecule is Cc1ncsc1-c1ccc(C(C)NC(=O)C2CC(O)CN2C(=O)C(NC(=O)CCCCCCCN(CCOc2ccc(C(=O)c3c(-c4ccc(O)cc4)sc4cc(O)ccc34)cc2)C(C)C)C(C)(C)C)cc1. The molecule has 1 saturated heterocycles. The Morgan fingerprint density at radius 1 is 0.819 bits per heavy atom. The van der Waals surface area contributed by atoms with E-state index in [0.29, 0.717) is 35.9 Å². The number of β-amino-alcohol motifs (C(OH)–C–C–N with tert-alkyl or cyclic N) is 1. The Kier molecular flexibility index (Phi) is 17.9. The van der Waals surface area contributed by atoms with Gasteiger partial charge in [0.05, 0.1) is 28.2 Å². The zero-order valence-electron chi connectivity index (χ0n) is 42.4. The molecule has 3 amide bonds. The number of nitrogens with one attached hydrogen (secondary N) is 2. The van der Waals surface area contributed by atoms with Crippen molar-refractivity contribution in [2.24, 2.45) is 5.41 Å². The summed E-state index contributed by atoms with van der Waals surface area (Å²) in [5, 5.41) is 37.5. The highest BCUT2D eigenvalue weighted by Gasteiger charge is 2.44. The second-order valence-electron chi connectivity index (χ2n) is 20.3. The number of rotatable bonds is 22. The lowest BCUT2D eigenvalue weighted by molar-refractivity contribution is -0.144. The van der Waals surface area contributed by atoms with Gasteiger partial charge in [-0.1, -0.05) is 64.3 Å². The minimum atomic E-state index is -0.873. The fourth-order valence-electron chi connectivity index (χ4n) is 9.26. The van der Waals surface area contributed by atoms with Crippen LogP contribution in [0.3, 0.4) is 0 Å². The number of nitrogens with zero attached hydrogens (tertiary/aromatic N) is 3. The first-order valence-electron chi connectivity index (χ1n) is 25.0. The molecule has 6 aromatic rings. The molecule has 5 N–H and O–H groups in total. The first kappa shape index (κ1) is 53.7. The number of fused-ring (bicyclic) bond motifs is 1. The van der Waals surface area contributed by atoms with Crippen molar-refractivity contribution in [2.45, 2.75) is 124 Å². The van der Waals surface area contributed by atoms with Crippen molar-refractivity contribution in [2.75, 3.05) is 26.2 Å². The summed E-state index contributed by atoms with van der Waals surface area (Å²) in [6.45, 7) is 16.0. The van der Waals surface area contributed by atoms with Crippen molar-refractivity contribution >= 4 is 56.3 Å². The van der Waals surface area contributed by atoms with Gasteiger partial charge in [0.2, 0.25) is 17.7 Å². The maximum Gasteiger partial charge on any atom is 0.246 e. The van der Waals surface area contributed by atoms with Crippen LogP contribution in [0.1, 0.15) is 120 Å². The van der Waals surface area contributed by atoms with Gasteiger partial charge in [0.15, 0.2) is 5.78 Å². The molecular weight excluding hydrogens is 947 g/mol. The number of aryl methyl sites for hydroxylation is 1. The van der Waals surface area contributed by atoms with E-state index in [1.165, 1.54) is 16.2 Å². The third-order valence-electron chi connectivity index (χ3n) is 13.4. The van der Waals surface area contributed by atoms with Crippen molar-refractivity contribution in [1.29, 1.82) is 0 Å². The lowest BCUT2D eigenvalue weighted by atomic mass is 9.85. The minimum absolute atomic E-state index is 0.0180. The number of phenols is 2. The number of thiophene rings is 1. The number of aliphatic hydroxyl groups is 1. The molecule has 382 valence electrons. The van der Waals surface area contributed by atoms with Crippen LogP contribution < -0.4 is 15.4 Å². The van der Waals surface area contributed by atoms with Crippen molar-refractivity contribution in [1.82, 2.24) is 25.4 Å². The number of unbranched alkanes of at least 4 members (excludes halogenated alkanes) is 4. The van der Waals surface area contributed by atoms with Crippen LogP contribution in [-0.2, 0) is 14.4 Å². The predicted molar refractivity (Wildman–Crippen MR) is 287 cm³/mol. The van der Waals surface area contributed by atoms with Crippen LogP contribution in [-0.4, -0.2) is 104 Å². The Labute approximate surface area is 431 Å². The van der Waals surface area contributed by atoms with E-state index in [1.807, 2.05) is 76.5 Å². The molecule has 13 nitrogen and oxygen atoms in total. The van der Waals surface area contributed by atoms with Crippen molar-refractivity contribution in [3.8, 4) is 38.1 Å². The largest absolute Gasteiger partial charge is 0.508 e. The Hall–Kier alpha value is -6.13. The third-order valence-corrected chi connectivity index (χ3v) is 15.6. The number of aromatic nitrogens is 1. The van der Waals surface area contributed by atoms with E-state index in [4.69, 9.17) is 4.74 Å². The second-order valence-corrected chi connectivity index (χ2v) is 22.2. The number of amides is 3. The van der Waals surface area contributed by atoms with Crippen LogP contribution >= 0.6 is 22.7 Å². The minimum Gasteiger partial charge on any atom is -0.508 e. The highest BCUT2D eigenvalue weighted by molar-refractivity contribution is 7.22. The molecule has 0 bridgehead atoms. The molecule has 0 spiro atoms. The topological polar surface area (TPSA) is 182 Å². The van der Waals surface area contributed by atoms with Gasteiger partial charge in [0.25, 0.3) is 0 Å². The Morgan fingerprint density at radius 2 is 1.47 bits per heavy atom. The van der Waals surface area contributed by atoms with Gasteiger partial charge in [-0.15, -0.1) is 22.7 Å². The molecule has 0 radical (unpaired) electrons.